The van der Waals surface area contributed by atoms with Crippen LogP contribution in [0.25, 0.3) is 0 Å². The van der Waals surface area contributed by atoms with Gasteiger partial charge >= 0.3 is 5.97 Å². The van der Waals surface area contributed by atoms with Crippen LogP contribution < -0.4 is 0 Å². The maximum absolute atomic E-state index is 14.5. The molecule has 0 unspecified atom stereocenters. The second-order valence-corrected chi connectivity index (χ2v) is 34.2. The van der Waals surface area contributed by atoms with Gasteiger partial charge in [0.05, 0.1) is 30.8 Å². The molecule has 0 aromatic carbocycles. The molecule has 0 aromatic rings. The number of carboxylic acids is 1. The molecule has 0 radical (unpaired) electrons. The Balaban J connectivity index is 5.96. The van der Waals surface area contributed by atoms with E-state index in [2.05, 4.69) is 121 Å². The van der Waals surface area contributed by atoms with Gasteiger partial charge in [0.1, 0.15) is 5.78 Å². The molecule has 0 spiro atoms. The molecule has 0 aliphatic carbocycles. The number of ketones is 1. The van der Waals surface area contributed by atoms with Crippen LogP contribution in [0.5, 0.6) is 0 Å². The normalized spacial score (nSPS) is 18.2. The lowest BCUT2D eigenvalue weighted by molar-refractivity contribution is -0.146. The van der Waals surface area contributed by atoms with E-state index < -0.39 is 54.5 Å². The number of rotatable bonds is 20. The van der Waals surface area contributed by atoms with E-state index in [1.54, 1.807) is 0 Å². The molecular weight excluding hydrogens is 665 g/mol. The number of aliphatic hydroxyl groups excluding tert-OH is 1. The van der Waals surface area contributed by atoms with Crippen LogP contribution in [0.3, 0.4) is 0 Å². The summed E-state index contributed by atoms with van der Waals surface area (Å²) in [6, 6.07) is 0. The van der Waals surface area contributed by atoms with Gasteiger partial charge in [-0.15, -0.1) is 0 Å². The molecule has 7 nitrogen and oxygen atoms in total. The van der Waals surface area contributed by atoms with Crippen molar-refractivity contribution in [2.75, 3.05) is 0 Å². The second-order valence-electron chi connectivity index (χ2n) is 19.9. The summed E-state index contributed by atoms with van der Waals surface area (Å²) in [6.07, 6.45) is 5.42. The lowest BCUT2D eigenvalue weighted by Gasteiger charge is -2.46. The summed E-state index contributed by atoms with van der Waals surface area (Å²) in [7, 11) is -6.57. The fourth-order valence-electron chi connectivity index (χ4n) is 5.24. The van der Waals surface area contributed by atoms with Gasteiger partial charge in [0.15, 0.2) is 25.0 Å². The predicted molar refractivity (Wildman–Crippen MR) is 215 cm³/mol. The first kappa shape index (κ1) is 48.4. The first-order valence-electron chi connectivity index (χ1n) is 18.7. The maximum atomic E-state index is 14.5. The SMILES string of the molecule is C[C@@H](CCC/C=C\C[C@H](O)[C@@H](C)O[Si](C)(C)C(C)(C)C)[C@H](O[Si](C)(C)C(C)(C)C)[C@@H](C)C(=O)C(C)(C)[C@H](CC(=O)O)O[Si](C)(C)C(C)(C)C. The Labute approximate surface area is 306 Å². The molecule has 2 N–H and O–H groups in total. The van der Waals surface area contributed by atoms with Crippen molar-refractivity contribution in [1.82, 2.24) is 0 Å². The minimum absolute atomic E-state index is 0.00376. The van der Waals surface area contributed by atoms with Gasteiger partial charge < -0.3 is 23.5 Å². The first-order valence-corrected chi connectivity index (χ1v) is 27.5. The van der Waals surface area contributed by atoms with Crippen LogP contribution in [0.2, 0.25) is 54.4 Å². The van der Waals surface area contributed by atoms with Crippen molar-refractivity contribution in [2.24, 2.45) is 17.3 Å². The second kappa shape index (κ2) is 17.9. The number of carbonyl (C=O) groups excluding carboxylic acids is 1. The van der Waals surface area contributed by atoms with Crippen LogP contribution in [0, 0.1) is 17.3 Å². The summed E-state index contributed by atoms with van der Waals surface area (Å²) in [5.41, 5.74) is -1.02. The Morgan fingerprint density at radius 1 is 0.694 bits per heavy atom. The number of unbranched alkanes of at least 4 members (excludes halogenated alkanes) is 1. The van der Waals surface area contributed by atoms with Gasteiger partial charge in [-0.1, -0.05) is 102 Å². The van der Waals surface area contributed by atoms with Gasteiger partial charge in [0.25, 0.3) is 0 Å². The molecule has 0 aliphatic heterocycles. The highest BCUT2D eigenvalue weighted by atomic mass is 28.4. The van der Waals surface area contributed by atoms with Crippen molar-refractivity contribution in [3.8, 4) is 0 Å². The number of hydrogen-bond acceptors (Lipinski definition) is 6. The lowest BCUT2D eigenvalue weighted by atomic mass is 9.73. The van der Waals surface area contributed by atoms with Crippen molar-refractivity contribution >= 4 is 36.7 Å². The van der Waals surface area contributed by atoms with Gasteiger partial charge in [0, 0.05) is 11.3 Å². The van der Waals surface area contributed by atoms with E-state index in [4.69, 9.17) is 13.3 Å². The van der Waals surface area contributed by atoms with Crippen LogP contribution in [0.15, 0.2) is 12.2 Å². The highest BCUT2D eigenvalue weighted by molar-refractivity contribution is 6.75. The van der Waals surface area contributed by atoms with E-state index in [0.29, 0.717) is 6.42 Å². The molecule has 0 bridgehead atoms. The highest BCUT2D eigenvalue weighted by Crippen LogP contribution is 2.44. The summed E-state index contributed by atoms with van der Waals surface area (Å²) in [5.74, 6) is -1.29. The van der Waals surface area contributed by atoms with Crippen molar-refractivity contribution < 1.29 is 33.1 Å². The molecule has 10 heteroatoms. The number of hydrogen-bond donors (Lipinski definition) is 2. The largest absolute Gasteiger partial charge is 0.481 e. The van der Waals surface area contributed by atoms with Gasteiger partial charge in [0.2, 0.25) is 0 Å². The first-order chi connectivity index (χ1) is 21.6. The number of aliphatic carboxylic acids is 1. The average molecular weight is 745 g/mol. The third kappa shape index (κ3) is 14.4. The number of Topliss-reactive ketones (excluding diaryl/α,β-unsaturated/α-hetero) is 1. The summed E-state index contributed by atoms with van der Waals surface area (Å²) < 4.78 is 20.1. The smallest absolute Gasteiger partial charge is 0.305 e. The minimum atomic E-state index is -2.37. The molecule has 0 aliphatic rings. The van der Waals surface area contributed by atoms with E-state index in [0.717, 1.165) is 19.3 Å². The van der Waals surface area contributed by atoms with Crippen molar-refractivity contribution in [2.45, 2.75) is 208 Å². The molecule has 49 heavy (non-hydrogen) atoms. The third-order valence-electron chi connectivity index (χ3n) is 12.2. The van der Waals surface area contributed by atoms with Crippen LogP contribution >= 0.6 is 0 Å². The van der Waals surface area contributed by atoms with Gasteiger partial charge in [-0.25, -0.2) is 0 Å². The fourth-order valence-corrected chi connectivity index (χ4v) is 9.60. The Kier molecular flexibility index (Phi) is 17.7. The van der Waals surface area contributed by atoms with Crippen LogP contribution in [0.1, 0.15) is 129 Å². The molecule has 290 valence electrons. The van der Waals surface area contributed by atoms with Crippen molar-refractivity contribution in [3.63, 3.8) is 0 Å². The van der Waals surface area contributed by atoms with E-state index in [1.165, 1.54) is 0 Å². The summed E-state index contributed by atoms with van der Waals surface area (Å²) in [5, 5.41) is 20.6. The van der Waals surface area contributed by atoms with Gasteiger partial charge in [-0.05, 0) is 92.9 Å². The molecule has 0 fully saturated rings. The fraction of sp³-hybridized carbons (Fsp3) is 0.897. The van der Waals surface area contributed by atoms with E-state index in [-0.39, 0.29) is 45.4 Å². The zero-order chi connectivity index (χ0) is 39.2. The van der Waals surface area contributed by atoms with E-state index >= 15 is 0 Å². The number of aliphatic hydroxyl groups is 1. The zero-order valence-corrected chi connectivity index (χ0v) is 38.6. The maximum Gasteiger partial charge on any atom is 0.305 e. The minimum Gasteiger partial charge on any atom is -0.481 e. The predicted octanol–water partition coefficient (Wildman–Crippen LogP) is 11.0. The zero-order valence-electron chi connectivity index (χ0n) is 35.6. The van der Waals surface area contributed by atoms with Gasteiger partial charge in [-0.3, -0.25) is 9.59 Å². The number of carbonyl (C=O) groups is 2. The van der Waals surface area contributed by atoms with Crippen molar-refractivity contribution in [1.29, 1.82) is 0 Å². The summed E-state index contributed by atoms with van der Waals surface area (Å²) >= 11 is 0. The highest BCUT2D eigenvalue weighted by Gasteiger charge is 2.50. The number of carboxylic acid groups (broad SMARTS) is 1. The van der Waals surface area contributed by atoms with E-state index in [1.807, 2.05) is 27.7 Å². The Morgan fingerprint density at radius 2 is 1.12 bits per heavy atom. The Hall–Kier alpha value is -0.629. The van der Waals surface area contributed by atoms with E-state index in [9.17, 15) is 19.8 Å². The molecule has 6 atom stereocenters. The quantitative estimate of drug-likeness (QED) is 0.0727. The third-order valence-corrected chi connectivity index (χ3v) is 25.7. The topological polar surface area (TPSA) is 102 Å². The summed E-state index contributed by atoms with van der Waals surface area (Å²) in [6.45, 7) is 42.6. The number of allylic oxidation sites excluding steroid dienone is 1. The van der Waals surface area contributed by atoms with Gasteiger partial charge in [-0.2, -0.15) is 0 Å². The van der Waals surface area contributed by atoms with Crippen molar-refractivity contribution in [3.05, 3.63) is 12.2 Å². The van der Waals surface area contributed by atoms with Crippen LogP contribution in [-0.2, 0) is 22.9 Å². The monoisotopic (exact) mass is 745 g/mol. The van der Waals surface area contributed by atoms with Crippen LogP contribution in [0.4, 0.5) is 0 Å². The summed E-state index contributed by atoms with van der Waals surface area (Å²) in [4.78, 5) is 26.6. The lowest BCUT2D eigenvalue weighted by Crippen LogP contribution is -2.54. The molecule has 0 rings (SSSR count). The Morgan fingerprint density at radius 3 is 1.55 bits per heavy atom. The molecular formula is C39H80O7Si3. The molecule has 0 saturated heterocycles. The molecule has 0 saturated carbocycles. The molecule has 0 heterocycles. The van der Waals surface area contributed by atoms with Crippen LogP contribution in [-0.4, -0.2) is 71.3 Å². The molecule has 0 aromatic heterocycles. The standard InChI is InChI=1S/C39H80O7Si3/c1-28(25-23-21-22-24-26-31(40)30(3)44-47(15,16)36(4,5)6)34(46-49(19,20)38(10,11)12)29(2)35(43)39(13,14)32(27-33(41)42)45-48(17,18)37(7,8)9/h22,24,28-32,34,40H,21,23,25-27H2,1-20H3,(H,41,42)/b24-22-/t28-,29+,30+,31-,32-,34-/m0/s1. The molecule has 0 amide bonds. The average Bonchev–Trinajstić information content (AvgIpc) is 2.89. The Bertz CT molecular complexity index is 1080.